The Morgan fingerprint density at radius 3 is 2.79 bits per heavy atom. The summed E-state index contributed by atoms with van der Waals surface area (Å²) >= 11 is 0. The van der Waals surface area contributed by atoms with Gasteiger partial charge >= 0.3 is 0 Å². The molecular weight excluding hydrogens is 310 g/mol. The molecule has 8 heteroatoms. The molecule has 0 fully saturated rings. The number of rotatable bonds is 3. The zero-order valence-corrected chi connectivity index (χ0v) is 12.5. The topological polar surface area (TPSA) is 102 Å². The van der Waals surface area contributed by atoms with E-state index in [2.05, 4.69) is 25.7 Å². The Labute approximate surface area is 136 Å². The van der Waals surface area contributed by atoms with Gasteiger partial charge in [-0.15, -0.1) is 10.2 Å². The molecule has 0 saturated heterocycles. The normalized spacial score (nSPS) is 15.8. The number of aromatic amines is 1. The summed E-state index contributed by atoms with van der Waals surface area (Å²) in [5.74, 6) is 1.18. The van der Waals surface area contributed by atoms with Crippen LogP contribution in [0.2, 0.25) is 0 Å². The van der Waals surface area contributed by atoms with Crippen molar-refractivity contribution in [2.75, 3.05) is 11.9 Å². The van der Waals surface area contributed by atoms with Crippen LogP contribution in [-0.4, -0.2) is 39.0 Å². The molecular formula is C16H13N5O3. The zero-order chi connectivity index (χ0) is 16.4. The van der Waals surface area contributed by atoms with Gasteiger partial charge in [0.05, 0.1) is 11.9 Å². The number of nitrogens with one attached hydrogen (secondary N) is 2. The van der Waals surface area contributed by atoms with E-state index in [9.17, 15) is 4.79 Å². The van der Waals surface area contributed by atoms with E-state index in [4.69, 9.17) is 9.47 Å². The molecule has 120 valence electrons. The molecule has 0 aliphatic carbocycles. The summed E-state index contributed by atoms with van der Waals surface area (Å²) in [7, 11) is 0. The minimum absolute atomic E-state index is 0.142. The molecule has 1 unspecified atom stereocenters. The van der Waals surface area contributed by atoms with Gasteiger partial charge in [0.25, 0.3) is 5.91 Å². The molecule has 2 N–H and O–H groups in total. The van der Waals surface area contributed by atoms with Gasteiger partial charge in [0.15, 0.2) is 17.3 Å². The predicted molar refractivity (Wildman–Crippen MR) is 84.6 cm³/mol. The van der Waals surface area contributed by atoms with E-state index >= 15 is 0 Å². The number of anilines is 1. The van der Waals surface area contributed by atoms with E-state index in [1.165, 1.54) is 0 Å². The summed E-state index contributed by atoms with van der Waals surface area (Å²) in [4.78, 5) is 12.3. The SMILES string of the molecule is O=C(Nc1ccc(-c2cn[nH]c2)nn1)C1COc2ccccc2O1. The van der Waals surface area contributed by atoms with Crippen LogP contribution in [0.1, 0.15) is 0 Å². The van der Waals surface area contributed by atoms with Gasteiger partial charge in [0, 0.05) is 11.8 Å². The van der Waals surface area contributed by atoms with Crippen molar-refractivity contribution < 1.29 is 14.3 Å². The summed E-state index contributed by atoms with van der Waals surface area (Å²) in [5.41, 5.74) is 1.48. The Kier molecular flexibility index (Phi) is 3.54. The Bertz CT molecular complexity index is 848. The molecule has 1 aliphatic rings. The highest BCUT2D eigenvalue weighted by Crippen LogP contribution is 2.31. The molecule has 3 aromatic rings. The van der Waals surface area contributed by atoms with Crippen LogP contribution < -0.4 is 14.8 Å². The molecule has 3 heterocycles. The monoisotopic (exact) mass is 323 g/mol. The standard InChI is InChI=1S/C16H13N5O3/c22-16(14-9-23-12-3-1-2-4-13(12)24-14)19-15-6-5-11(20-21-15)10-7-17-18-8-10/h1-8,14H,9H2,(H,17,18)(H,19,21,22). The predicted octanol–water partition coefficient (Wildman–Crippen LogP) is 1.65. The maximum Gasteiger partial charge on any atom is 0.270 e. The number of nitrogens with zero attached hydrogens (tertiary/aromatic N) is 3. The number of aromatic nitrogens is 4. The Balaban J connectivity index is 1.43. The van der Waals surface area contributed by atoms with Gasteiger partial charge in [0.1, 0.15) is 6.61 Å². The van der Waals surface area contributed by atoms with Crippen molar-refractivity contribution in [3.63, 3.8) is 0 Å². The van der Waals surface area contributed by atoms with Gasteiger partial charge in [-0.25, -0.2) is 0 Å². The first-order valence-electron chi connectivity index (χ1n) is 7.32. The molecule has 2 aromatic heterocycles. The van der Waals surface area contributed by atoms with Gasteiger partial charge in [-0.05, 0) is 24.3 Å². The van der Waals surface area contributed by atoms with Crippen molar-refractivity contribution in [3.05, 3.63) is 48.8 Å². The average molecular weight is 323 g/mol. The lowest BCUT2D eigenvalue weighted by Gasteiger charge is -2.25. The lowest BCUT2D eigenvalue weighted by Crippen LogP contribution is -2.40. The molecule has 1 aromatic carbocycles. The van der Waals surface area contributed by atoms with Crippen molar-refractivity contribution >= 4 is 11.7 Å². The lowest BCUT2D eigenvalue weighted by atomic mass is 10.2. The maximum atomic E-state index is 12.3. The minimum Gasteiger partial charge on any atom is -0.485 e. The van der Waals surface area contributed by atoms with Crippen LogP contribution in [0.25, 0.3) is 11.3 Å². The Hall–Kier alpha value is -3.42. The second-order valence-electron chi connectivity index (χ2n) is 5.14. The average Bonchev–Trinajstić information content (AvgIpc) is 3.16. The van der Waals surface area contributed by atoms with E-state index in [-0.39, 0.29) is 12.5 Å². The van der Waals surface area contributed by atoms with Gasteiger partial charge in [-0.3, -0.25) is 9.89 Å². The molecule has 0 spiro atoms. The molecule has 8 nitrogen and oxygen atoms in total. The minimum atomic E-state index is -0.741. The third kappa shape index (κ3) is 2.76. The molecule has 0 saturated carbocycles. The molecule has 1 atom stereocenters. The van der Waals surface area contributed by atoms with Crippen LogP contribution in [0, 0.1) is 0 Å². The number of para-hydroxylation sites is 2. The van der Waals surface area contributed by atoms with Crippen LogP contribution in [0.3, 0.4) is 0 Å². The number of hydrogen-bond donors (Lipinski definition) is 2. The number of carbonyl (C=O) groups is 1. The smallest absolute Gasteiger partial charge is 0.270 e. The Morgan fingerprint density at radius 2 is 2.04 bits per heavy atom. The van der Waals surface area contributed by atoms with E-state index in [0.29, 0.717) is 23.0 Å². The number of fused-ring (bicyclic) bond motifs is 1. The zero-order valence-electron chi connectivity index (χ0n) is 12.5. The maximum absolute atomic E-state index is 12.3. The van der Waals surface area contributed by atoms with Crippen LogP contribution in [-0.2, 0) is 4.79 Å². The van der Waals surface area contributed by atoms with Crippen molar-refractivity contribution in [2.45, 2.75) is 6.10 Å². The highest BCUT2D eigenvalue weighted by Gasteiger charge is 2.27. The second kappa shape index (κ2) is 5.99. The number of hydrogen-bond acceptors (Lipinski definition) is 6. The van der Waals surface area contributed by atoms with Crippen molar-refractivity contribution in [3.8, 4) is 22.8 Å². The van der Waals surface area contributed by atoms with E-state index in [1.54, 1.807) is 36.7 Å². The largest absolute Gasteiger partial charge is 0.485 e. The second-order valence-corrected chi connectivity index (χ2v) is 5.14. The summed E-state index contributed by atoms with van der Waals surface area (Å²) in [6.07, 6.45) is 2.62. The number of benzene rings is 1. The van der Waals surface area contributed by atoms with Crippen molar-refractivity contribution in [2.24, 2.45) is 0 Å². The number of carbonyl (C=O) groups excluding carboxylic acids is 1. The summed E-state index contributed by atoms with van der Waals surface area (Å²) in [6.45, 7) is 0.142. The Morgan fingerprint density at radius 1 is 1.17 bits per heavy atom. The van der Waals surface area contributed by atoms with Crippen LogP contribution in [0.4, 0.5) is 5.82 Å². The van der Waals surface area contributed by atoms with Crippen molar-refractivity contribution in [1.82, 2.24) is 20.4 Å². The summed E-state index contributed by atoms with van der Waals surface area (Å²) in [5, 5.41) is 17.3. The first-order valence-corrected chi connectivity index (χ1v) is 7.32. The van der Waals surface area contributed by atoms with E-state index in [1.807, 2.05) is 12.1 Å². The number of ether oxygens (including phenoxy) is 2. The fourth-order valence-corrected chi connectivity index (χ4v) is 2.30. The van der Waals surface area contributed by atoms with Gasteiger partial charge in [-0.1, -0.05) is 12.1 Å². The van der Waals surface area contributed by atoms with E-state index in [0.717, 1.165) is 5.56 Å². The molecule has 1 amide bonds. The van der Waals surface area contributed by atoms with Crippen LogP contribution in [0.15, 0.2) is 48.8 Å². The fraction of sp³-hybridized carbons (Fsp3) is 0.125. The third-order valence-electron chi connectivity index (χ3n) is 3.51. The fourth-order valence-electron chi connectivity index (χ4n) is 2.30. The van der Waals surface area contributed by atoms with Crippen LogP contribution >= 0.6 is 0 Å². The first-order chi connectivity index (χ1) is 11.8. The first kappa shape index (κ1) is 14.2. The van der Waals surface area contributed by atoms with Crippen molar-refractivity contribution in [1.29, 1.82) is 0 Å². The van der Waals surface area contributed by atoms with E-state index < -0.39 is 6.10 Å². The van der Waals surface area contributed by atoms with Gasteiger partial charge in [0.2, 0.25) is 6.10 Å². The quantitative estimate of drug-likeness (QED) is 0.760. The van der Waals surface area contributed by atoms with Crippen LogP contribution in [0.5, 0.6) is 11.5 Å². The van der Waals surface area contributed by atoms with Gasteiger partial charge in [-0.2, -0.15) is 5.10 Å². The summed E-state index contributed by atoms with van der Waals surface area (Å²) < 4.78 is 11.2. The molecule has 4 rings (SSSR count). The number of H-pyrrole nitrogens is 1. The molecule has 0 bridgehead atoms. The highest BCUT2D eigenvalue weighted by atomic mass is 16.6. The summed E-state index contributed by atoms with van der Waals surface area (Å²) in [6, 6.07) is 10.6. The third-order valence-corrected chi connectivity index (χ3v) is 3.51. The number of amides is 1. The molecule has 0 radical (unpaired) electrons. The highest BCUT2D eigenvalue weighted by molar-refractivity contribution is 5.94. The van der Waals surface area contributed by atoms with Gasteiger partial charge < -0.3 is 14.8 Å². The molecule has 1 aliphatic heterocycles. The molecule has 24 heavy (non-hydrogen) atoms. The lowest BCUT2D eigenvalue weighted by molar-refractivity contribution is -0.125.